The van der Waals surface area contributed by atoms with Crippen LogP contribution >= 0.6 is 28.1 Å². The zero-order valence-corrected chi connectivity index (χ0v) is 12.6. The van der Waals surface area contributed by atoms with Crippen LogP contribution in [0.3, 0.4) is 0 Å². The average molecular weight is 330 g/mol. The van der Waals surface area contributed by atoms with Gasteiger partial charge in [-0.3, -0.25) is 0 Å². The second kappa shape index (κ2) is 5.45. The van der Waals surface area contributed by atoms with E-state index in [2.05, 4.69) is 15.9 Å². The summed E-state index contributed by atoms with van der Waals surface area (Å²) in [4.78, 5) is 0.574. The van der Waals surface area contributed by atoms with E-state index in [-0.39, 0.29) is 5.41 Å². The van der Waals surface area contributed by atoms with Crippen molar-refractivity contribution in [1.82, 2.24) is 0 Å². The Balaban J connectivity index is 1.96. The van der Waals surface area contributed by atoms with Gasteiger partial charge in [-0.05, 0) is 47.0 Å². The summed E-state index contributed by atoms with van der Waals surface area (Å²) in [5.41, 5.74) is 5.78. The molecule has 2 N–H and O–H groups in total. The second-order valence-electron chi connectivity index (χ2n) is 4.73. The normalized spacial score (nSPS) is 16.1. The van der Waals surface area contributed by atoms with Gasteiger partial charge in [-0.15, -0.1) is 0 Å². The number of hydrogen-bond donors (Lipinski definition) is 1. The number of hydrogen-bond acceptors (Lipinski definition) is 3. The smallest absolute Gasteiger partial charge is 0.133 e. The van der Waals surface area contributed by atoms with Crippen molar-refractivity contribution >= 4 is 33.1 Å². The summed E-state index contributed by atoms with van der Waals surface area (Å²) in [6.45, 7) is 0.662. The van der Waals surface area contributed by atoms with Crippen LogP contribution in [-0.2, 0) is 0 Å². The lowest BCUT2D eigenvalue weighted by molar-refractivity contribution is 0.237. The van der Waals surface area contributed by atoms with E-state index in [0.717, 1.165) is 35.2 Å². The third kappa shape index (κ3) is 3.36. The summed E-state index contributed by atoms with van der Waals surface area (Å²) in [5.74, 6) is 1.63. The minimum atomic E-state index is 0.172. The van der Waals surface area contributed by atoms with E-state index in [1.54, 1.807) is 7.11 Å². The zero-order chi connectivity index (χ0) is 13.2. The summed E-state index contributed by atoms with van der Waals surface area (Å²) >= 11 is 8.44. The topological polar surface area (TPSA) is 44.5 Å². The second-order valence-corrected chi connectivity index (χ2v) is 6.11. The number of halogens is 1. The summed E-state index contributed by atoms with van der Waals surface area (Å²) in [6.07, 6.45) is 3.05. The monoisotopic (exact) mass is 329 g/mol. The lowest BCUT2D eigenvalue weighted by atomic mass is 10.0. The Labute approximate surface area is 121 Å². The molecule has 0 bridgehead atoms. The first-order valence-electron chi connectivity index (χ1n) is 5.79. The van der Waals surface area contributed by atoms with Crippen LogP contribution in [0.2, 0.25) is 0 Å². The van der Waals surface area contributed by atoms with E-state index in [4.69, 9.17) is 27.4 Å². The van der Waals surface area contributed by atoms with Gasteiger partial charge >= 0.3 is 0 Å². The standard InChI is InChI=1S/C13H16BrNO2S/c1-16-9-2-3-11(10(14)6-9)17-8-13(4-5-13)7-12(15)18/h2-3,6H,4-5,7-8H2,1H3,(H2,15,18). The van der Waals surface area contributed by atoms with Gasteiger partial charge in [0.25, 0.3) is 0 Å². The molecule has 0 spiro atoms. The minimum Gasteiger partial charge on any atom is -0.497 e. The highest BCUT2D eigenvalue weighted by molar-refractivity contribution is 9.10. The molecule has 0 aliphatic heterocycles. The number of rotatable bonds is 6. The van der Waals surface area contributed by atoms with Crippen LogP contribution in [0, 0.1) is 5.41 Å². The van der Waals surface area contributed by atoms with Crippen molar-refractivity contribution in [2.24, 2.45) is 11.1 Å². The van der Waals surface area contributed by atoms with Crippen molar-refractivity contribution in [2.75, 3.05) is 13.7 Å². The molecule has 1 aliphatic rings. The van der Waals surface area contributed by atoms with Crippen LogP contribution in [0.15, 0.2) is 22.7 Å². The minimum absolute atomic E-state index is 0.172. The van der Waals surface area contributed by atoms with Gasteiger partial charge in [0.2, 0.25) is 0 Å². The van der Waals surface area contributed by atoms with E-state index in [0.29, 0.717) is 11.6 Å². The predicted molar refractivity (Wildman–Crippen MR) is 79.3 cm³/mol. The molecule has 0 aromatic heterocycles. The van der Waals surface area contributed by atoms with Crippen molar-refractivity contribution in [1.29, 1.82) is 0 Å². The van der Waals surface area contributed by atoms with E-state index >= 15 is 0 Å². The van der Waals surface area contributed by atoms with Crippen LogP contribution in [0.4, 0.5) is 0 Å². The van der Waals surface area contributed by atoms with Crippen LogP contribution < -0.4 is 15.2 Å². The van der Waals surface area contributed by atoms with E-state index < -0.39 is 0 Å². The van der Waals surface area contributed by atoms with Crippen LogP contribution in [0.5, 0.6) is 11.5 Å². The molecule has 2 rings (SSSR count). The molecule has 0 radical (unpaired) electrons. The summed E-state index contributed by atoms with van der Waals surface area (Å²) in [7, 11) is 1.64. The molecule has 0 atom stereocenters. The van der Waals surface area contributed by atoms with E-state index in [1.807, 2.05) is 18.2 Å². The lowest BCUT2D eigenvalue weighted by Crippen LogP contribution is -2.21. The zero-order valence-electron chi connectivity index (χ0n) is 10.2. The first kappa shape index (κ1) is 13.6. The molecule has 1 fully saturated rings. The third-order valence-corrected chi connectivity index (χ3v) is 3.94. The molecule has 0 unspecified atom stereocenters. The van der Waals surface area contributed by atoms with E-state index in [9.17, 15) is 0 Å². The maximum Gasteiger partial charge on any atom is 0.133 e. The van der Waals surface area contributed by atoms with Crippen molar-refractivity contribution in [3.05, 3.63) is 22.7 Å². The highest BCUT2D eigenvalue weighted by Gasteiger charge is 2.43. The molecule has 18 heavy (non-hydrogen) atoms. The molecule has 1 aromatic rings. The molecule has 1 aromatic carbocycles. The van der Waals surface area contributed by atoms with Crippen molar-refractivity contribution in [3.8, 4) is 11.5 Å². The fourth-order valence-electron chi connectivity index (χ4n) is 1.87. The molecule has 0 amide bonds. The van der Waals surface area contributed by atoms with Gasteiger partial charge in [0.05, 0.1) is 23.2 Å². The van der Waals surface area contributed by atoms with Gasteiger partial charge < -0.3 is 15.2 Å². The fraction of sp³-hybridized carbons (Fsp3) is 0.462. The quantitative estimate of drug-likeness (QED) is 0.813. The molecule has 3 nitrogen and oxygen atoms in total. The molecular formula is C13H16BrNO2S. The van der Waals surface area contributed by atoms with Gasteiger partial charge in [0, 0.05) is 11.8 Å². The number of nitrogens with two attached hydrogens (primary N) is 1. The third-order valence-electron chi connectivity index (χ3n) is 3.18. The Morgan fingerprint density at radius 3 is 2.72 bits per heavy atom. The van der Waals surface area contributed by atoms with Gasteiger partial charge in [0.15, 0.2) is 0 Å². The Bertz CT molecular complexity index is 460. The summed E-state index contributed by atoms with van der Waals surface area (Å²) in [5, 5.41) is 0. The van der Waals surface area contributed by atoms with Gasteiger partial charge in [0.1, 0.15) is 11.5 Å². The summed E-state index contributed by atoms with van der Waals surface area (Å²) < 4.78 is 11.9. The van der Waals surface area contributed by atoms with Crippen molar-refractivity contribution in [2.45, 2.75) is 19.3 Å². The van der Waals surface area contributed by atoms with Gasteiger partial charge in [-0.1, -0.05) is 12.2 Å². The van der Waals surface area contributed by atoms with Crippen LogP contribution in [0.25, 0.3) is 0 Å². The van der Waals surface area contributed by atoms with E-state index in [1.165, 1.54) is 0 Å². The average Bonchev–Trinajstić information content (AvgIpc) is 3.06. The summed E-state index contributed by atoms with van der Waals surface area (Å²) in [6, 6.07) is 5.68. The van der Waals surface area contributed by atoms with Gasteiger partial charge in [-0.2, -0.15) is 0 Å². The lowest BCUT2D eigenvalue weighted by Gasteiger charge is -2.16. The Morgan fingerprint density at radius 2 is 2.22 bits per heavy atom. The fourth-order valence-corrected chi connectivity index (χ4v) is 2.65. The maximum absolute atomic E-state index is 5.85. The number of methoxy groups -OCH3 is 1. The molecule has 0 saturated heterocycles. The largest absolute Gasteiger partial charge is 0.497 e. The SMILES string of the molecule is COc1ccc(OCC2(CC(N)=S)CC2)c(Br)c1. The van der Waals surface area contributed by atoms with Crippen LogP contribution in [0.1, 0.15) is 19.3 Å². The Hall–Kier alpha value is -0.810. The Kier molecular flexibility index (Phi) is 4.12. The maximum atomic E-state index is 5.85. The number of benzene rings is 1. The predicted octanol–water partition coefficient (Wildman–Crippen LogP) is 3.29. The van der Waals surface area contributed by atoms with Crippen molar-refractivity contribution in [3.63, 3.8) is 0 Å². The van der Waals surface area contributed by atoms with Crippen LogP contribution in [-0.4, -0.2) is 18.7 Å². The Morgan fingerprint density at radius 1 is 1.50 bits per heavy atom. The molecular weight excluding hydrogens is 314 g/mol. The molecule has 98 valence electrons. The highest BCUT2D eigenvalue weighted by atomic mass is 79.9. The van der Waals surface area contributed by atoms with Gasteiger partial charge in [-0.25, -0.2) is 0 Å². The highest BCUT2D eigenvalue weighted by Crippen LogP contribution is 2.49. The first-order chi connectivity index (χ1) is 8.54. The molecule has 1 saturated carbocycles. The molecule has 5 heteroatoms. The molecule has 1 aliphatic carbocycles. The number of thiocarbonyl (C=S) groups is 1. The van der Waals surface area contributed by atoms with Crippen molar-refractivity contribution < 1.29 is 9.47 Å². The molecule has 0 heterocycles. The first-order valence-corrected chi connectivity index (χ1v) is 6.99. The number of ether oxygens (including phenoxy) is 2.